The average Bonchev–Trinajstić information content (AvgIpc) is 2.94. The summed E-state index contributed by atoms with van der Waals surface area (Å²) in [5, 5.41) is 3.62. The monoisotopic (exact) mass is 295 g/mol. The molecule has 1 unspecified atom stereocenters. The van der Waals surface area contributed by atoms with Crippen molar-refractivity contribution in [1.82, 2.24) is 9.88 Å². The molecular formula is C15H22ClN3O. The van der Waals surface area contributed by atoms with Crippen molar-refractivity contribution in [2.75, 3.05) is 18.4 Å². The van der Waals surface area contributed by atoms with Crippen molar-refractivity contribution in [2.45, 2.75) is 45.6 Å². The third-order valence-corrected chi connectivity index (χ3v) is 4.05. The number of carbonyl (C=O) groups is 1. The molecule has 0 aliphatic carbocycles. The number of nitrogens with zero attached hydrogens (tertiary/aromatic N) is 2. The number of nitrogens with one attached hydrogen (secondary N) is 1. The van der Waals surface area contributed by atoms with Crippen LogP contribution in [0, 0.1) is 0 Å². The maximum atomic E-state index is 12.6. The van der Waals surface area contributed by atoms with Crippen molar-refractivity contribution < 1.29 is 4.79 Å². The zero-order valence-corrected chi connectivity index (χ0v) is 12.9. The Morgan fingerprint density at radius 2 is 2.35 bits per heavy atom. The summed E-state index contributed by atoms with van der Waals surface area (Å²) in [6, 6.07) is 2.12. The van der Waals surface area contributed by atoms with E-state index < -0.39 is 0 Å². The van der Waals surface area contributed by atoms with E-state index in [-0.39, 0.29) is 5.91 Å². The van der Waals surface area contributed by atoms with Crippen molar-refractivity contribution in [3.05, 3.63) is 22.8 Å². The van der Waals surface area contributed by atoms with E-state index >= 15 is 0 Å². The molecule has 1 aromatic rings. The molecular weight excluding hydrogens is 274 g/mol. The van der Waals surface area contributed by atoms with Gasteiger partial charge in [0.05, 0.1) is 10.6 Å². The smallest absolute Gasteiger partial charge is 0.255 e. The van der Waals surface area contributed by atoms with Crippen LogP contribution < -0.4 is 5.32 Å². The van der Waals surface area contributed by atoms with Gasteiger partial charge in [-0.15, -0.1) is 0 Å². The molecule has 1 amide bonds. The summed E-state index contributed by atoms with van der Waals surface area (Å²) < 4.78 is 0. The minimum absolute atomic E-state index is 0.0290. The third kappa shape index (κ3) is 3.23. The molecule has 1 atom stereocenters. The van der Waals surface area contributed by atoms with Crippen molar-refractivity contribution in [3.8, 4) is 0 Å². The van der Waals surface area contributed by atoms with Crippen LogP contribution in [0.15, 0.2) is 12.3 Å². The van der Waals surface area contributed by atoms with E-state index in [1.807, 2.05) is 4.90 Å². The maximum Gasteiger partial charge on any atom is 0.255 e. The van der Waals surface area contributed by atoms with E-state index in [1.165, 1.54) is 0 Å². The van der Waals surface area contributed by atoms with Crippen LogP contribution >= 0.6 is 11.6 Å². The quantitative estimate of drug-likeness (QED) is 0.903. The first-order valence-electron chi connectivity index (χ1n) is 7.37. The first-order valence-corrected chi connectivity index (χ1v) is 7.75. The van der Waals surface area contributed by atoms with Crippen molar-refractivity contribution in [2.24, 2.45) is 0 Å². The molecule has 0 spiro atoms. The number of aromatic nitrogens is 1. The van der Waals surface area contributed by atoms with E-state index in [9.17, 15) is 4.79 Å². The highest BCUT2D eigenvalue weighted by atomic mass is 35.5. The molecule has 4 nitrogen and oxygen atoms in total. The molecule has 0 bridgehead atoms. The Morgan fingerprint density at radius 1 is 1.55 bits per heavy atom. The first-order chi connectivity index (χ1) is 9.67. The number of halogens is 1. The molecule has 2 heterocycles. The van der Waals surface area contributed by atoms with Gasteiger partial charge in [-0.2, -0.15) is 0 Å². The van der Waals surface area contributed by atoms with E-state index in [1.54, 1.807) is 12.3 Å². The van der Waals surface area contributed by atoms with Gasteiger partial charge in [0.25, 0.3) is 5.91 Å². The molecule has 1 aliphatic heterocycles. The number of anilines is 1. The van der Waals surface area contributed by atoms with Gasteiger partial charge in [0.2, 0.25) is 0 Å². The third-order valence-electron chi connectivity index (χ3n) is 3.75. The molecule has 1 fully saturated rings. The lowest BCUT2D eigenvalue weighted by Crippen LogP contribution is -2.35. The first kappa shape index (κ1) is 15.1. The number of amides is 1. The predicted octanol–water partition coefficient (Wildman–Crippen LogP) is 3.57. The number of carbonyl (C=O) groups excluding carboxylic acids is 1. The summed E-state index contributed by atoms with van der Waals surface area (Å²) in [6.45, 7) is 5.88. The highest BCUT2D eigenvalue weighted by Gasteiger charge is 2.29. The molecule has 5 heteroatoms. The van der Waals surface area contributed by atoms with Gasteiger partial charge < -0.3 is 10.2 Å². The Labute approximate surface area is 125 Å². The van der Waals surface area contributed by atoms with E-state index in [2.05, 4.69) is 24.1 Å². The minimum atomic E-state index is 0.0290. The number of likely N-dealkylation sites (tertiary alicyclic amines) is 1. The van der Waals surface area contributed by atoms with Gasteiger partial charge >= 0.3 is 0 Å². The number of rotatable bonds is 5. The Kier molecular flexibility index (Phi) is 5.24. The molecule has 20 heavy (non-hydrogen) atoms. The summed E-state index contributed by atoms with van der Waals surface area (Å²) >= 11 is 6.16. The average molecular weight is 296 g/mol. The predicted molar refractivity (Wildman–Crippen MR) is 82.4 cm³/mol. The zero-order chi connectivity index (χ0) is 14.5. The van der Waals surface area contributed by atoms with Crippen molar-refractivity contribution in [3.63, 3.8) is 0 Å². The SMILES string of the molecule is CCCNc1cc(C(=O)N2CCCC2CC)c(Cl)cn1. The standard InChI is InChI=1S/C15H22ClN3O/c1-3-7-17-14-9-12(13(16)10-18-14)15(20)19-8-5-6-11(19)4-2/h9-11H,3-8H2,1-2H3,(H,17,18). The normalized spacial score (nSPS) is 18.4. The van der Waals surface area contributed by atoms with Gasteiger partial charge in [-0.25, -0.2) is 4.98 Å². The van der Waals surface area contributed by atoms with Crippen LogP contribution in [-0.2, 0) is 0 Å². The number of pyridine rings is 1. The molecule has 0 radical (unpaired) electrons. The lowest BCUT2D eigenvalue weighted by molar-refractivity contribution is 0.0734. The number of hydrogen-bond donors (Lipinski definition) is 1. The van der Waals surface area contributed by atoms with Crippen LogP contribution in [-0.4, -0.2) is 34.9 Å². The molecule has 110 valence electrons. The molecule has 1 saturated heterocycles. The number of hydrogen-bond acceptors (Lipinski definition) is 3. The van der Waals surface area contributed by atoms with Gasteiger partial charge in [0, 0.05) is 25.3 Å². The second-order valence-electron chi connectivity index (χ2n) is 5.18. The van der Waals surface area contributed by atoms with E-state index in [0.29, 0.717) is 22.4 Å². The second kappa shape index (κ2) is 6.93. The molecule has 1 N–H and O–H groups in total. The highest BCUT2D eigenvalue weighted by molar-refractivity contribution is 6.33. The minimum Gasteiger partial charge on any atom is -0.370 e. The fourth-order valence-electron chi connectivity index (χ4n) is 2.63. The summed E-state index contributed by atoms with van der Waals surface area (Å²) in [7, 11) is 0. The Balaban J connectivity index is 2.20. The van der Waals surface area contributed by atoms with E-state index in [4.69, 9.17) is 11.6 Å². The largest absolute Gasteiger partial charge is 0.370 e. The van der Waals surface area contributed by atoms with Gasteiger partial charge in [0.1, 0.15) is 5.82 Å². The molecule has 1 aromatic heterocycles. The van der Waals surface area contributed by atoms with Crippen LogP contribution in [0.3, 0.4) is 0 Å². The summed E-state index contributed by atoms with van der Waals surface area (Å²) in [5.41, 5.74) is 0.556. The van der Waals surface area contributed by atoms with Crippen molar-refractivity contribution in [1.29, 1.82) is 0 Å². The fraction of sp³-hybridized carbons (Fsp3) is 0.600. The van der Waals surface area contributed by atoms with Crippen LogP contribution in [0.4, 0.5) is 5.82 Å². The maximum absolute atomic E-state index is 12.6. The van der Waals surface area contributed by atoms with Crippen molar-refractivity contribution >= 4 is 23.3 Å². The molecule has 2 rings (SSSR count). The topological polar surface area (TPSA) is 45.2 Å². The van der Waals surface area contributed by atoms with E-state index in [0.717, 1.165) is 38.8 Å². The Bertz CT molecular complexity index is 478. The molecule has 0 saturated carbocycles. The van der Waals surface area contributed by atoms with Gasteiger partial charge in [-0.05, 0) is 31.7 Å². The molecule has 1 aliphatic rings. The highest BCUT2D eigenvalue weighted by Crippen LogP contribution is 2.26. The molecule has 0 aromatic carbocycles. The second-order valence-corrected chi connectivity index (χ2v) is 5.59. The van der Waals surface area contributed by atoms with Crippen LogP contribution in [0.2, 0.25) is 5.02 Å². The van der Waals surface area contributed by atoms with Crippen LogP contribution in [0.1, 0.15) is 49.9 Å². The fourth-order valence-corrected chi connectivity index (χ4v) is 2.82. The van der Waals surface area contributed by atoms with Crippen LogP contribution in [0.25, 0.3) is 0 Å². The van der Waals surface area contributed by atoms with Gasteiger partial charge in [-0.3, -0.25) is 4.79 Å². The summed E-state index contributed by atoms with van der Waals surface area (Å²) in [5.74, 6) is 0.744. The Morgan fingerprint density at radius 3 is 3.05 bits per heavy atom. The van der Waals surface area contributed by atoms with Gasteiger partial charge in [-0.1, -0.05) is 25.4 Å². The Hall–Kier alpha value is -1.29. The summed E-state index contributed by atoms with van der Waals surface area (Å²) in [4.78, 5) is 18.8. The summed E-state index contributed by atoms with van der Waals surface area (Å²) in [6.07, 6.45) is 5.73. The lowest BCUT2D eigenvalue weighted by atomic mass is 10.1. The van der Waals surface area contributed by atoms with Gasteiger partial charge in [0.15, 0.2) is 0 Å². The van der Waals surface area contributed by atoms with Crippen LogP contribution in [0.5, 0.6) is 0 Å². The zero-order valence-electron chi connectivity index (χ0n) is 12.2. The lowest BCUT2D eigenvalue weighted by Gasteiger charge is -2.24.